The highest BCUT2D eigenvalue weighted by Gasteiger charge is 2.32. The first-order valence-corrected chi connectivity index (χ1v) is 12.9. The quantitative estimate of drug-likeness (QED) is 0.531. The van der Waals surface area contributed by atoms with Gasteiger partial charge in [0.05, 0.1) is 5.25 Å². The topological polar surface area (TPSA) is 93.9 Å². The minimum absolute atomic E-state index is 0.178. The van der Waals surface area contributed by atoms with Gasteiger partial charge in [-0.3, -0.25) is 4.79 Å². The summed E-state index contributed by atoms with van der Waals surface area (Å²) in [4.78, 5) is 26.7. The molecule has 1 fully saturated rings. The van der Waals surface area contributed by atoms with E-state index in [0.717, 1.165) is 22.1 Å². The second-order valence-electron chi connectivity index (χ2n) is 8.59. The molecule has 1 aliphatic rings. The Labute approximate surface area is 192 Å². The number of ether oxygens (including phenoxy) is 1. The van der Waals surface area contributed by atoms with E-state index in [1.807, 2.05) is 37.3 Å². The molecule has 8 heteroatoms. The number of amides is 1. The number of likely N-dealkylation sites (tertiary alicyclic amines) is 1. The molecule has 2 unspecified atom stereocenters. The van der Waals surface area contributed by atoms with Gasteiger partial charge in [-0.05, 0) is 49.9 Å². The Morgan fingerprint density at radius 3 is 2.64 bits per heavy atom. The second-order valence-corrected chi connectivity index (χ2v) is 10.9. The van der Waals surface area contributed by atoms with Crippen LogP contribution in [0.1, 0.15) is 25.3 Å². The first kappa shape index (κ1) is 23.0. The average Bonchev–Trinajstić information content (AvgIpc) is 2.77. The van der Waals surface area contributed by atoms with Crippen molar-refractivity contribution in [2.45, 2.75) is 38.0 Å². The lowest BCUT2D eigenvalue weighted by Gasteiger charge is -2.33. The van der Waals surface area contributed by atoms with Gasteiger partial charge in [-0.2, -0.15) is 0 Å². The number of rotatable bonds is 5. The molecule has 1 saturated heterocycles. The lowest BCUT2D eigenvalue weighted by molar-refractivity contribution is -0.138. The van der Waals surface area contributed by atoms with Crippen LogP contribution in [0.4, 0.5) is 0 Å². The van der Waals surface area contributed by atoms with Crippen LogP contribution in [-0.2, 0) is 14.6 Å². The molecule has 0 saturated carbocycles. The normalized spacial score (nSPS) is 17.7. The van der Waals surface area contributed by atoms with E-state index in [-0.39, 0.29) is 12.5 Å². The number of fused-ring (bicyclic) bond motifs is 1. The van der Waals surface area contributed by atoms with Crippen LogP contribution >= 0.6 is 0 Å². The molecule has 33 heavy (non-hydrogen) atoms. The minimum atomic E-state index is -3.21. The smallest absolute Gasteiger partial charge is 0.336 e. The van der Waals surface area contributed by atoms with Gasteiger partial charge in [0.1, 0.15) is 11.3 Å². The van der Waals surface area contributed by atoms with Gasteiger partial charge in [0.2, 0.25) is 0 Å². The summed E-state index contributed by atoms with van der Waals surface area (Å²) in [6.45, 7) is 4.30. The fraction of sp³-hybridized carbons (Fsp3) is 0.360. The van der Waals surface area contributed by atoms with Gasteiger partial charge in [0.15, 0.2) is 15.9 Å². The molecule has 3 aromatic rings. The molecule has 0 bridgehead atoms. The van der Waals surface area contributed by atoms with Crippen LogP contribution in [0.2, 0.25) is 0 Å². The molecular formula is C25H27NO6S. The molecule has 0 spiro atoms. The maximum Gasteiger partial charge on any atom is 0.336 e. The zero-order chi connectivity index (χ0) is 23.8. The van der Waals surface area contributed by atoms with Crippen molar-refractivity contribution in [1.29, 1.82) is 0 Å². The summed E-state index contributed by atoms with van der Waals surface area (Å²) >= 11 is 0. The van der Waals surface area contributed by atoms with E-state index in [1.165, 1.54) is 12.3 Å². The van der Waals surface area contributed by atoms with Gasteiger partial charge in [-0.1, -0.05) is 24.3 Å². The van der Waals surface area contributed by atoms with Crippen LogP contribution in [0.15, 0.2) is 57.7 Å². The van der Waals surface area contributed by atoms with E-state index < -0.39 is 26.8 Å². The summed E-state index contributed by atoms with van der Waals surface area (Å²) in [6, 6.07) is 14.4. The van der Waals surface area contributed by atoms with Crippen molar-refractivity contribution >= 4 is 26.7 Å². The summed E-state index contributed by atoms with van der Waals surface area (Å²) < 4.78 is 35.1. The number of carbonyl (C=O) groups excluding carboxylic acids is 1. The number of carbonyl (C=O) groups is 1. The number of benzene rings is 2. The number of nitrogens with zero attached hydrogens (tertiary/aromatic N) is 1. The molecule has 1 amide bonds. The first-order valence-electron chi connectivity index (χ1n) is 10.9. The van der Waals surface area contributed by atoms with E-state index in [9.17, 15) is 18.0 Å². The summed E-state index contributed by atoms with van der Waals surface area (Å²) in [7, 11) is -3.21. The Kier molecular flexibility index (Phi) is 6.30. The Balaban J connectivity index is 1.58. The van der Waals surface area contributed by atoms with Crippen molar-refractivity contribution in [3.63, 3.8) is 0 Å². The SMILES string of the molecule is Cc1ccccc1-c1cc(=O)oc2cc(OC(C)C(=O)N3CCCC(S(C)(=O)=O)C3)ccc12. The third-order valence-electron chi connectivity index (χ3n) is 6.11. The van der Waals surface area contributed by atoms with E-state index >= 15 is 0 Å². The van der Waals surface area contributed by atoms with E-state index in [0.29, 0.717) is 30.7 Å². The molecule has 0 radical (unpaired) electrons. The largest absolute Gasteiger partial charge is 0.481 e. The van der Waals surface area contributed by atoms with Crippen molar-refractivity contribution < 1.29 is 22.4 Å². The highest BCUT2D eigenvalue weighted by Crippen LogP contribution is 2.31. The number of aryl methyl sites for hydroxylation is 1. The highest BCUT2D eigenvalue weighted by molar-refractivity contribution is 7.91. The number of sulfone groups is 1. The van der Waals surface area contributed by atoms with Gasteiger partial charge in [0.25, 0.3) is 5.91 Å². The Morgan fingerprint density at radius 1 is 1.15 bits per heavy atom. The van der Waals surface area contributed by atoms with Gasteiger partial charge in [-0.25, -0.2) is 13.2 Å². The monoisotopic (exact) mass is 469 g/mol. The summed E-state index contributed by atoms with van der Waals surface area (Å²) in [5.74, 6) is 0.128. The lowest BCUT2D eigenvalue weighted by Crippen LogP contribution is -2.49. The number of hydrogen-bond acceptors (Lipinski definition) is 6. The average molecular weight is 470 g/mol. The summed E-state index contributed by atoms with van der Waals surface area (Å²) in [5.41, 5.74) is 2.65. The molecule has 7 nitrogen and oxygen atoms in total. The predicted octanol–water partition coefficient (Wildman–Crippen LogP) is 3.57. The van der Waals surface area contributed by atoms with Crippen molar-refractivity contribution in [3.05, 3.63) is 64.5 Å². The van der Waals surface area contributed by atoms with Gasteiger partial charge in [-0.15, -0.1) is 0 Å². The predicted molar refractivity (Wildman–Crippen MR) is 127 cm³/mol. The Hall–Kier alpha value is -3.13. The Morgan fingerprint density at radius 2 is 1.91 bits per heavy atom. The zero-order valence-electron chi connectivity index (χ0n) is 18.9. The van der Waals surface area contributed by atoms with E-state index in [1.54, 1.807) is 24.0 Å². The van der Waals surface area contributed by atoms with Crippen LogP contribution in [0, 0.1) is 6.92 Å². The maximum atomic E-state index is 12.9. The van der Waals surface area contributed by atoms with Crippen molar-refractivity contribution in [1.82, 2.24) is 4.90 Å². The number of hydrogen-bond donors (Lipinski definition) is 0. The Bertz CT molecular complexity index is 1360. The van der Waals surface area contributed by atoms with Crippen molar-refractivity contribution in [2.24, 2.45) is 0 Å². The molecule has 174 valence electrons. The maximum absolute atomic E-state index is 12.9. The van der Waals surface area contributed by atoms with E-state index in [2.05, 4.69) is 0 Å². The molecule has 4 rings (SSSR count). The summed E-state index contributed by atoms with van der Waals surface area (Å²) in [6.07, 6.45) is 1.59. The lowest BCUT2D eigenvalue weighted by atomic mass is 9.98. The third kappa shape index (κ3) is 4.95. The molecule has 2 atom stereocenters. The van der Waals surface area contributed by atoms with Crippen LogP contribution in [-0.4, -0.2) is 49.9 Å². The van der Waals surface area contributed by atoms with Gasteiger partial charge >= 0.3 is 5.63 Å². The third-order valence-corrected chi connectivity index (χ3v) is 7.70. The standard InChI is InChI=1S/C25H27NO6S/c1-16-7-4-5-9-20(16)22-14-24(27)32-23-13-18(10-11-21(22)23)31-17(2)25(28)26-12-6-8-19(15-26)33(3,29)30/h4-5,7,9-11,13-14,17,19H,6,8,12,15H2,1-3H3. The van der Waals surface area contributed by atoms with Gasteiger partial charge < -0.3 is 14.1 Å². The van der Waals surface area contributed by atoms with Crippen LogP contribution in [0.25, 0.3) is 22.1 Å². The van der Waals surface area contributed by atoms with Crippen LogP contribution < -0.4 is 10.4 Å². The fourth-order valence-corrected chi connectivity index (χ4v) is 5.36. The van der Waals surface area contributed by atoms with E-state index in [4.69, 9.17) is 9.15 Å². The molecular weight excluding hydrogens is 442 g/mol. The van der Waals surface area contributed by atoms with Crippen molar-refractivity contribution in [3.8, 4) is 16.9 Å². The van der Waals surface area contributed by atoms with Crippen LogP contribution in [0.3, 0.4) is 0 Å². The minimum Gasteiger partial charge on any atom is -0.481 e. The molecule has 1 aliphatic heterocycles. The second kappa shape index (κ2) is 9.02. The summed E-state index contributed by atoms with van der Waals surface area (Å²) in [5, 5.41) is 0.222. The van der Waals surface area contributed by atoms with Gasteiger partial charge in [0, 0.05) is 42.4 Å². The zero-order valence-corrected chi connectivity index (χ0v) is 19.7. The van der Waals surface area contributed by atoms with Crippen LogP contribution in [0.5, 0.6) is 5.75 Å². The number of piperidine rings is 1. The fourth-order valence-electron chi connectivity index (χ4n) is 4.31. The molecule has 0 N–H and O–H groups in total. The molecule has 2 aromatic carbocycles. The highest BCUT2D eigenvalue weighted by atomic mass is 32.2. The van der Waals surface area contributed by atoms with Crippen molar-refractivity contribution in [2.75, 3.05) is 19.3 Å². The molecule has 1 aromatic heterocycles. The first-order chi connectivity index (χ1) is 15.6. The molecule has 2 heterocycles. The molecule has 0 aliphatic carbocycles.